The normalized spacial score (nSPS) is 16.1. The van der Waals surface area contributed by atoms with E-state index in [1.54, 1.807) is 6.33 Å². The van der Waals surface area contributed by atoms with E-state index in [9.17, 15) is 4.79 Å². The van der Waals surface area contributed by atoms with Gasteiger partial charge in [0.15, 0.2) is 0 Å². The van der Waals surface area contributed by atoms with Crippen molar-refractivity contribution >= 4 is 33.3 Å². The number of nitrogens with zero attached hydrogens (tertiary/aromatic N) is 2. The fourth-order valence-corrected chi connectivity index (χ4v) is 4.91. The number of benzene rings is 1. The minimum absolute atomic E-state index is 0.0272. The summed E-state index contributed by atoms with van der Waals surface area (Å²) in [5.74, 6) is 0.953. The molecule has 6 heteroatoms. The number of amides is 1. The number of anilines is 1. The zero-order chi connectivity index (χ0) is 18.2. The Hall–Kier alpha value is -2.47. The zero-order valence-electron chi connectivity index (χ0n) is 15.1. The van der Waals surface area contributed by atoms with Crippen LogP contribution in [0.3, 0.4) is 0 Å². The van der Waals surface area contributed by atoms with Crippen molar-refractivity contribution in [2.75, 3.05) is 5.32 Å². The van der Waals surface area contributed by atoms with Crippen LogP contribution in [0.1, 0.15) is 52.0 Å². The standard InChI is InChI=1S/C21H22N4OS/c26-20(25-15-9-10-15)14-7-5-13(6-8-14)11-22-19-18-16-3-1-2-4-17(16)27-21(18)24-12-23-19/h5-8,12,15H,1-4,9-11H2,(H,25,26)(H,22,23,24). The average Bonchev–Trinajstić information content (AvgIpc) is 3.43. The average molecular weight is 379 g/mol. The van der Waals surface area contributed by atoms with Crippen LogP contribution in [0.5, 0.6) is 0 Å². The summed E-state index contributed by atoms with van der Waals surface area (Å²) in [7, 11) is 0. The molecule has 27 heavy (non-hydrogen) atoms. The molecule has 5 rings (SSSR count). The number of hydrogen-bond acceptors (Lipinski definition) is 5. The Bertz CT molecular complexity index is 991. The number of hydrogen-bond donors (Lipinski definition) is 2. The highest BCUT2D eigenvalue weighted by Crippen LogP contribution is 2.38. The van der Waals surface area contributed by atoms with Gasteiger partial charge in [0.2, 0.25) is 0 Å². The van der Waals surface area contributed by atoms with Crippen LogP contribution in [0.2, 0.25) is 0 Å². The van der Waals surface area contributed by atoms with E-state index < -0.39 is 0 Å². The first-order valence-corrected chi connectivity index (χ1v) is 10.5. The SMILES string of the molecule is O=C(NC1CC1)c1ccc(CNc2ncnc3sc4c(c23)CCCC4)cc1. The zero-order valence-corrected chi connectivity index (χ0v) is 15.9. The number of rotatable bonds is 5. The molecule has 2 N–H and O–H groups in total. The molecule has 0 bridgehead atoms. The molecule has 0 atom stereocenters. The Morgan fingerprint density at radius 2 is 1.93 bits per heavy atom. The van der Waals surface area contributed by atoms with Crippen molar-refractivity contribution in [3.63, 3.8) is 0 Å². The molecule has 0 aliphatic heterocycles. The van der Waals surface area contributed by atoms with Crippen LogP contribution in [0.25, 0.3) is 10.2 Å². The van der Waals surface area contributed by atoms with Crippen LogP contribution in [0.15, 0.2) is 30.6 Å². The topological polar surface area (TPSA) is 66.9 Å². The third-order valence-corrected chi connectivity index (χ3v) is 6.54. The Morgan fingerprint density at radius 1 is 1.11 bits per heavy atom. The predicted octanol–water partition coefficient (Wildman–Crippen LogP) is 4.07. The number of thiophene rings is 1. The Kier molecular flexibility index (Phi) is 4.28. The second-order valence-electron chi connectivity index (χ2n) is 7.41. The van der Waals surface area contributed by atoms with Gasteiger partial charge in [-0.2, -0.15) is 0 Å². The van der Waals surface area contributed by atoms with Crippen molar-refractivity contribution in [3.05, 3.63) is 52.2 Å². The van der Waals surface area contributed by atoms with Gasteiger partial charge < -0.3 is 10.6 Å². The van der Waals surface area contributed by atoms with E-state index in [0.717, 1.165) is 41.0 Å². The van der Waals surface area contributed by atoms with Crippen molar-refractivity contribution in [3.8, 4) is 0 Å². The maximum Gasteiger partial charge on any atom is 0.251 e. The lowest BCUT2D eigenvalue weighted by Crippen LogP contribution is -2.25. The van der Waals surface area contributed by atoms with Gasteiger partial charge in [0.05, 0.1) is 5.39 Å². The number of fused-ring (bicyclic) bond motifs is 3. The largest absolute Gasteiger partial charge is 0.365 e. The van der Waals surface area contributed by atoms with Crippen LogP contribution in [-0.4, -0.2) is 21.9 Å². The van der Waals surface area contributed by atoms with Gasteiger partial charge in [-0.1, -0.05) is 12.1 Å². The molecule has 1 amide bonds. The first-order chi connectivity index (χ1) is 13.3. The summed E-state index contributed by atoms with van der Waals surface area (Å²) in [6.07, 6.45) is 8.68. The maximum absolute atomic E-state index is 12.1. The van der Waals surface area contributed by atoms with Gasteiger partial charge in [0.1, 0.15) is 17.0 Å². The molecule has 1 aromatic carbocycles. The predicted molar refractivity (Wildman–Crippen MR) is 108 cm³/mol. The molecule has 1 fully saturated rings. The maximum atomic E-state index is 12.1. The molecular formula is C21H22N4OS. The number of aromatic nitrogens is 2. The molecule has 0 unspecified atom stereocenters. The van der Waals surface area contributed by atoms with Gasteiger partial charge in [-0.15, -0.1) is 11.3 Å². The lowest BCUT2D eigenvalue weighted by atomic mass is 9.97. The van der Waals surface area contributed by atoms with Gasteiger partial charge in [-0.3, -0.25) is 4.79 Å². The Morgan fingerprint density at radius 3 is 2.74 bits per heavy atom. The van der Waals surface area contributed by atoms with E-state index in [0.29, 0.717) is 12.6 Å². The van der Waals surface area contributed by atoms with Crippen LogP contribution >= 0.6 is 11.3 Å². The highest BCUT2D eigenvalue weighted by Gasteiger charge is 2.23. The third-order valence-electron chi connectivity index (χ3n) is 5.34. The van der Waals surface area contributed by atoms with Crippen molar-refractivity contribution in [1.82, 2.24) is 15.3 Å². The molecule has 2 aliphatic rings. The van der Waals surface area contributed by atoms with E-state index in [4.69, 9.17) is 0 Å². The molecular weight excluding hydrogens is 356 g/mol. The monoisotopic (exact) mass is 378 g/mol. The molecule has 2 aromatic heterocycles. The molecule has 3 aromatic rings. The molecule has 2 heterocycles. The molecule has 2 aliphatic carbocycles. The third kappa shape index (κ3) is 3.41. The molecule has 1 saturated carbocycles. The minimum Gasteiger partial charge on any atom is -0.365 e. The summed E-state index contributed by atoms with van der Waals surface area (Å²) < 4.78 is 0. The summed E-state index contributed by atoms with van der Waals surface area (Å²) in [6, 6.07) is 8.20. The van der Waals surface area contributed by atoms with E-state index in [1.165, 1.54) is 35.1 Å². The Labute approximate surface area is 162 Å². The van der Waals surface area contributed by atoms with Gasteiger partial charge >= 0.3 is 0 Å². The fourth-order valence-electron chi connectivity index (χ4n) is 3.68. The molecule has 0 radical (unpaired) electrons. The van der Waals surface area contributed by atoms with E-state index in [-0.39, 0.29) is 5.91 Å². The summed E-state index contributed by atoms with van der Waals surface area (Å²) >= 11 is 1.82. The highest BCUT2D eigenvalue weighted by molar-refractivity contribution is 7.19. The van der Waals surface area contributed by atoms with Crippen molar-refractivity contribution in [2.24, 2.45) is 0 Å². The summed E-state index contributed by atoms with van der Waals surface area (Å²) in [6.45, 7) is 0.682. The first kappa shape index (κ1) is 16.7. The highest BCUT2D eigenvalue weighted by atomic mass is 32.1. The minimum atomic E-state index is 0.0272. The second-order valence-corrected chi connectivity index (χ2v) is 8.50. The van der Waals surface area contributed by atoms with Crippen molar-refractivity contribution in [1.29, 1.82) is 0 Å². The quantitative estimate of drug-likeness (QED) is 0.702. The summed E-state index contributed by atoms with van der Waals surface area (Å²) in [4.78, 5) is 23.7. The lowest BCUT2D eigenvalue weighted by Gasteiger charge is -2.12. The van der Waals surface area contributed by atoms with Crippen LogP contribution in [0.4, 0.5) is 5.82 Å². The first-order valence-electron chi connectivity index (χ1n) is 9.67. The van der Waals surface area contributed by atoms with Crippen LogP contribution in [0, 0.1) is 0 Å². The van der Waals surface area contributed by atoms with E-state index >= 15 is 0 Å². The summed E-state index contributed by atoms with van der Waals surface area (Å²) in [5.41, 5.74) is 3.30. The van der Waals surface area contributed by atoms with Crippen molar-refractivity contribution in [2.45, 2.75) is 51.1 Å². The van der Waals surface area contributed by atoms with Gasteiger partial charge in [-0.25, -0.2) is 9.97 Å². The molecule has 138 valence electrons. The smallest absolute Gasteiger partial charge is 0.251 e. The second kappa shape index (κ2) is 6.93. The number of nitrogens with one attached hydrogen (secondary N) is 2. The van der Waals surface area contributed by atoms with E-state index in [2.05, 4.69) is 20.6 Å². The molecule has 0 saturated heterocycles. The Balaban J connectivity index is 1.32. The van der Waals surface area contributed by atoms with Gasteiger partial charge in [0, 0.05) is 23.0 Å². The van der Waals surface area contributed by atoms with E-state index in [1.807, 2.05) is 35.6 Å². The molecule has 0 spiro atoms. The van der Waals surface area contributed by atoms with Gasteiger partial charge in [0.25, 0.3) is 5.91 Å². The number of aryl methyl sites for hydroxylation is 2. The van der Waals surface area contributed by atoms with Crippen LogP contribution < -0.4 is 10.6 Å². The number of carbonyl (C=O) groups excluding carboxylic acids is 1. The summed E-state index contributed by atoms with van der Waals surface area (Å²) in [5, 5.41) is 7.72. The molecule has 5 nitrogen and oxygen atoms in total. The fraction of sp³-hybridized carbons (Fsp3) is 0.381. The van der Waals surface area contributed by atoms with Crippen molar-refractivity contribution < 1.29 is 4.79 Å². The van der Waals surface area contributed by atoms with Crippen LogP contribution in [-0.2, 0) is 19.4 Å². The van der Waals surface area contributed by atoms with Gasteiger partial charge in [-0.05, 0) is 61.8 Å². The number of carbonyl (C=O) groups is 1. The lowest BCUT2D eigenvalue weighted by molar-refractivity contribution is 0.0951.